The predicted octanol–water partition coefficient (Wildman–Crippen LogP) is 3.24. The molecule has 0 spiro atoms. The van der Waals surface area contributed by atoms with E-state index in [-0.39, 0.29) is 5.82 Å². The van der Waals surface area contributed by atoms with E-state index in [9.17, 15) is 4.39 Å². The molecule has 2 N–H and O–H groups in total. The van der Waals surface area contributed by atoms with Crippen molar-refractivity contribution < 1.29 is 4.39 Å². The van der Waals surface area contributed by atoms with Crippen LogP contribution in [0.2, 0.25) is 5.02 Å². The van der Waals surface area contributed by atoms with Crippen LogP contribution >= 0.6 is 11.6 Å². The van der Waals surface area contributed by atoms with Gasteiger partial charge in [-0.05, 0) is 42.7 Å². The lowest BCUT2D eigenvalue weighted by molar-refractivity contribution is 0.609. The summed E-state index contributed by atoms with van der Waals surface area (Å²) in [5.41, 5.74) is 7.15. The number of halogens is 2. The fraction of sp³-hybridized carbons (Fsp3) is 0.154. The monoisotopic (exact) mass is 250 g/mol. The van der Waals surface area contributed by atoms with Gasteiger partial charge < -0.3 is 5.73 Å². The molecule has 17 heavy (non-hydrogen) atoms. The number of nitrogens with zero attached hydrogens (tertiary/aromatic N) is 1. The van der Waals surface area contributed by atoms with E-state index < -0.39 is 0 Å². The summed E-state index contributed by atoms with van der Waals surface area (Å²) in [6.07, 6.45) is 2.88. The van der Waals surface area contributed by atoms with Gasteiger partial charge in [0.25, 0.3) is 0 Å². The SMILES string of the molecule is Nc1cc(CCc2c(F)cccc2Cl)ccn1. The number of aromatic nitrogens is 1. The molecule has 88 valence electrons. The first-order valence-electron chi connectivity index (χ1n) is 5.30. The van der Waals surface area contributed by atoms with Crippen LogP contribution in [-0.4, -0.2) is 4.98 Å². The highest BCUT2D eigenvalue weighted by atomic mass is 35.5. The molecular weight excluding hydrogens is 239 g/mol. The van der Waals surface area contributed by atoms with Crippen molar-refractivity contribution in [2.45, 2.75) is 12.8 Å². The van der Waals surface area contributed by atoms with Crippen molar-refractivity contribution in [2.24, 2.45) is 0 Å². The van der Waals surface area contributed by atoms with Crippen LogP contribution in [-0.2, 0) is 12.8 Å². The Hall–Kier alpha value is -1.61. The first kappa shape index (κ1) is 11.9. The zero-order chi connectivity index (χ0) is 12.3. The minimum atomic E-state index is -0.264. The average molecular weight is 251 g/mol. The summed E-state index contributed by atoms with van der Waals surface area (Å²) in [7, 11) is 0. The second-order valence-corrected chi connectivity index (χ2v) is 4.20. The van der Waals surface area contributed by atoms with Crippen LogP contribution in [0.1, 0.15) is 11.1 Å². The third-order valence-corrected chi connectivity index (χ3v) is 2.92. The van der Waals surface area contributed by atoms with Crippen LogP contribution in [0, 0.1) is 5.82 Å². The van der Waals surface area contributed by atoms with Crippen molar-refractivity contribution in [3.8, 4) is 0 Å². The van der Waals surface area contributed by atoms with Gasteiger partial charge in [0, 0.05) is 16.8 Å². The lowest BCUT2D eigenvalue weighted by atomic mass is 10.0. The molecule has 0 bridgehead atoms. The fourth-order valence-corrected chi connectivity index (χ4v) is 1.95. The summed E-state index contributed by atoms with van der Waals surface area (Å²) in [6.45, 7) is 0. The average Bonchev–Trinajstić information content (AvgIpc) is 2.28. The molecule has 0 amide bonds. The van der Waals surface area contributed by atoms with Gasteiger partial charge in [0.2, 0.25) is 0 Å². The van der Waals surface area contributed by atoms with E-state index in [0.717, 1.165) is 5.56 Å². The molecule has 0 aliphatic carbocycles. The second-order valence-electron chi connectivity index (χ2n) is 3.79. The van der Waals surface area contributed by atoms with Crippen molar-refractivity contribution in [3.63, 3.8) is 0 Å². The van der Waals surface area contributed by atoms with Gasteiger partial charge in [0.1, 0.15) is 11.6 Å². The topological polar surface area (TPSA) is 38.9 Å². The summed E-state index contributed by atoms with van der Waals surface area (Å²) >= 11 is 5.95. The highest BCUT2D eigenvalue weighted by Crippen LogP contribution is 2.21. The van der Waals surface area contributed by atoms with Gasteiger partial charge in [-0.15, -0.1) is 0 Å². The zero-order valence-corrected chi connectivity index (χ0v) is 9.91. The number of hydrogen-bond acceptors (Lipinski definition) is 2. The van der Waals surface area contributed by atoms with Crippen LogP contribution in [0.15, 0.2) is 36.5 Å². The number of nitrogen functional groups attached to an aromatic ring is 1. The quantitative estimate of drug-likeness (QED) is 0.908. The number of hydrogen-bond donors (Lipinski definition) is 1. The molecule has 0 radical (unpaired) electrons. The number of benzene rings is 1. The maximum atomic E-state index is 13.5. The van der Waals surface area contributed by atoms with Crippen molar-refractivity contribution in [1.82, 2.24) is 4.98 Å². The fourth-order valence-electron chi connectivity index (χ4n) is 1.69. The van der Waals surface area contributed by atoms with Crippen LogP contribution < -0.4 is 5.73 Å². The Balaban J connectivity index is 2.13. The molecule has 4 heteroatoms. The number of nitrogens with two attached hydrogens (primary N) is 1. The van der Waals surface area contributed by atoms with Gasteiger partial charge in [0.15, 0.2) is 0 Å². The summed E-state index contributed by atoms with van der Waals surface area (Å²) in [5.74, 6) is 0.210. The smallest absolute Gasteiger partial charge is 0.127 e. The number of pyridine rings is 1. The molecule has 0 saturated carbocycles. The van der Waals surface area contributed by atoms with Crippen LogP contribution in [0.5, 0.6) is 0 Å². The largest absolute Gasteiger partial charge is 0.384 e. The molecule has 0 saturated heterocycles. The van der Waals surface area contributed by atoms with Crippen LogP contribution in [0.4, 0.5) is 10.2 Å². The Morgan fingerprint density at radius 3 is 2.76 bits per heavy atom. The second kappa shape index (κ2) is 5.15. The van der Waals surface area contributed by atoms with Crippen molar-refractivity contribution >= 4 is 17.4 Å². The van der Waals surface area contributed by atoms with Gasteiger partial charge in [0.05, 0.1) is 0 Å². The maximum Gasteiger partial charge on any atom is 0.127 e. The van der Waals surface area contributed by atoms with Gasteiger partial charge >= 0.3 is 0 Å². The summed E-state index contributed by atoms with van der Waals surface area (Å²) < 4.78 is 13.5. The Morgan fingerprint density at radius 1 is 1.24 bits per heavy atom. The van der Waals surface area contributed by atoms with Gasteiger partial charge in [-0.25, -0.2) is 9.37 Å². The molecule has 0 fully saturated rings. The van der Waals surface area contributed by atoms with Gasteiger partial charge in [-0.1, -0.05) is 17.7 Å². The molecule has 0 aliphatic heterocycles. The Labute approximate surface area is 104 Å². The molecule has 1 aromatic carbocycles. The zero-order valence-electron chi connectivity index (χ0n) is 9.16. The molecular formula is C13H12ClFN2. The van der Waals surface area contributed by atoms with Crippen molar-refractivity contribution in [1.29, 1.82) is 0 Å². The van der Waals surface area contributed by atoms with Crippen molar-refractivity contribution in [2.75, 3.05) is 5.73 Å². The molecule has 0 unspecified atom stereocenters. The van der Waals surface area contributed by atoms with Gasteiger partial charge in [-0.2, -0.15) is 0 Å². The predicted molar refractivity (Wildman–Crippen MR) is 67.5 cm³/mol. The lowest BCUT2D eigenvalue weighted by Crippen LogP contribution is -1.97. The van der Waals surface area contributed by atoms with E-state index in [1.807, 2.05) is 6.07 Å². The number of aryl methyl sites for hydroxylation is 1. The molecule has 2 aromatic rings. The number of rotatable bonds is 3. The standard InChI is InChI=1S/C13H12ClFN2/c14-11-2-1-3-12(15)10(11)5-4-9-6-7-17-13(16)8-9/h1-3,6-8H,4-5H2,(H2,16,17). The normalized spacial score (nSPS) is 10.5. The minimum Gasteiger partial charge on any atom is -0.384 e. The first-order chi connectivity index (χ1) is 8.16. The Morgan fingerprint density at radius 2 is 2.06 bits per heavy atom. The highest BCUT2D eigenvalue weighted by molar-refractivity contribution is 6.31. The Kier molecular flexibility index (Phi) is 3.59. The molecule has 0 atom stereocenters. The Bertz CT molecular complexity index is 508. The molecule has 0 aliphatic rings. The van der Waals surface area contributed by atoms with Gasteiger partial charge in [-0.3, -0.25) is 0 Å². The summed E-state index contributed by atoms with van der Waals surface area (Å²) in [5, 5.41) is 0.465. The van der Waals surface area contributed by atoms with Crippen LogP contribution in [0.3, 0.4) is 0 Å². The third kappa shape index (κ3) is 2.94. The molecule has 1 heterocycles. The van der Waals surface area contributed by atoms with E-state index in [1.54, 1.807) is 24.4 Å². The lowest BCUT2D eigenvalue weighted by Gasteiger charge is -2.06. The first-order valence-corrected chi connectivity index (χ1v) is 5.68. The van der Waals surface area contributed by atoms with Crippen LogP contribution in [0.25, 0.3) is 0 Å². The summed E-state index contributed by atoms with van der Waals surface area (Å²) in [4.78, 5) is 3.91. The third-order valence-electron chi connectivity index (χ3n) is 2.57. The summed E-state index contributed by atoms with van der Waals surface area (Å²) in [6, 6.07) is 8.37. The van der Waals surface area contributed by atoms with E-state index in [2.05, 4.69) is 4.98 Å². The van der Waals surface area contributed by atoms with E-state index in [0.29, 0.717) is 29.2 Å². The van der Waals surface area contributed by atoms with E-state index in [4.69, 9.17) is 17.3 Å². The van der Waals surface area contributed by atoms with E-state index in [1.165, 1.54) is 6.07 Å². The highest BCUT2D eigenvalue weighted by Gasteiger charge is 2.06. The molecule has 2 nitrogen and oxygen atoms in total. The molecule has 2 rings (SSSR count). The van der Waals surface area contributed by atoms with Crippen molar-refractivity contribution in [3.05, 3.63) is 58.5 Å². The number of anilines is 1. The molecule has 1 aromatic heterocycles. The van der Waals surface area contributed by atoms with E-state index >= 15 is 0 Å². The maximum absolute atomic E-state index is 13.5. The minimum absolute atomic E-state index is 0.264.